The molecule has 0 bridgehead atoms. The summed E-state index contributed by atoms with van der Waals surface area (Å²) in [5.41, 5.74) is 3.07. The first-order valence-corrected chi connectivity index (χ1v) is 16.8. The molecule has 44 heavy (non-hydrogen) atoms. The Morgan fingerprint density at radius 3 is 2.50 bits per heavy atom. The first-order chi connectivity index (χ1) is 21.2. The molecule has 14 heteroatoms. The first kappa shape index (κ1) is 31.0. The molecule has 3 aliphatic heterocycles. The molecule has 2 aromatic heterocycles. The van der Waals surface area contributed by atoms with Gasteiger partial charge in [0.15, 0.2) is 11.2 Å². The van der Waals surface area contributed by atoms with Crippen LogP contribution in [0.25, 0.3) is 10.9 Å². The van der Waals surface area contributed by atoms with Crippen molar-refractivity contribution in [3.8, 4) is 0 Å². The van der Waals surface area contributed by atoms with Gasteiger partial charge in [-0.2, -0.15) is 5.10 Å². The Morgan fingerprint density at radius 1 is 1.07 bits per heavy atom. The van der Waals surface area contributed by atoms with Crippen LogP contribution in [0.5, 0.6) is 0 Å². The lowest BCUT2D eigenvalue weighted by Crippen LogP contribution is -2.46. The average Bonchev–Trinajstić information content (AvgIpc) is 3.36. The average molecular weight is 642 g/mol. The van der Waals surface area contributed by atoms with Crippen molar-refractivity contribution in [2.45, 2.75) is 56.4 Å². The molecule has 0 saturated carbocycles. The highest BCUT2D eigenvalue weighted by Gasteiger charge is 2.32. The molecule has 2 atom stereocenters. The number of hydrogen-bond acceptors (Lipinski definition) is 8. The van der Waals surface area contributed by atoms with E-state index in [1.54, 1.807) is 12.4 Å². The molecule has 1 aromatic carbocycles. The summed E-state index contributed by atoms with van der Waals surface area (Å²) in [6.07, 6.45) is 7.89. The maximum absolute atomic E-state index is 13.2. The fourth-order valence-corrected chi connectivity index (χ4v) is 7.79. The van der Waals surface area contributed by atoms with Crippen molar-refractivity contribution in [2.75, 3.05) is 51.6 Å². The van der Waals surface area contributed by atoms with Crippen LogP contribution in [0.15, 0.2) is 30.6 Å². The number of aryl methyl sites for hydroxylation is 1. The predicted molar refractivity (Wildman–Crippen MR) is 170 cm³/mol. The van der Waals surface area contributed by atoms with Gasteiger partial charge in [-0.3, -0.25) is 19.6 Å². The molecule has 3 aliphatic rings. The molecular formula is C30H40ClN9O3S. The Labute approximate surface area is 265 Å². The van der Waals surface area contributed by atoms with E-state index in [0.717, 1.165) is 81.5 Å². The number of aromatic nitrogens is 4. The van der Waals surface area contributed by atoms with E-state index >= 15 is 0 Å². The zero-order valence-corrected chi connectivity index (χ0v) is 26.8. The van der Waals surface area contributed by atoms with Crippen molar-refractivity contribution < 1.29 is 13.8 Å². The van der Waals surface area contributed by atoms with Crippen LogP contribution in [0.3, 0.4) is 0 Å². The second-order valence-electron chi connectivity index (χ2n) is 12.1. The zero-order valence-electron chi connectivity index (χ0n) is 25.2. The van der Waals surface area contributed by atoms with Gasteiger partial charge in [0.2, 0.25) is 17.8 Å². The van der Waals surface area contributed by atoms with Gasteiger partial charge in [-0.1, -0.05) is 23.7 Å². The van der Waals surface area contributed by atoms with Crippen LogP contribution in [0.2, 0.25) is 5.02 Å². The van der Waals surface area contributed by atoms with Crippen molar-refractivity contribution in [3.63, 3.8) is 0 Å². The number of likely N-dealkylation sites (tertiary alicyclic amines) is 1. The molecule has 12 nitrogen and oxygen atoms in total. The number of carbonyl (C=O) groups is 2. The van der Waals surface area contributed by atoms with E-state index in [2.05, 4.69) is 43.7 Å². The third-order valence-corrected chi connectivity index (χ3v) is 10.9. The van der Waals surface area contributed by atoms with Crippen LogP contribution in [0.4, 0.5) is 5.95 Å². The predicted octanol–water partition coefficient (Wildman–Crippen LogP) is 2.80. The standard InChI is InChI=1S/C30H40ClN9O3S/c1-37(44(43)40-13-9-23(10-14-40)34-30-32-18-22(31)19-33-30)15-16-39-11-7-20(8-12-39)21-3-4-24-26(17-21)38(2)36-28(24)25-5-6-27(41)35-29(25)42/h3-4,17-20,23,25H,5-16H2,1-2H3,(H,32,33,34)(H,35,41,42). The van der Waals surface area contributed by atoms with Crippen LogP contribution in [0.1, 0.15) is 61.6 Å². The van der Waals surface area contributed by atoms with E-state index in [1.165, 1.54) is 5.56 Å². The normalized spacial score (nSPS) is 22.0. The number of benzene rings is 1. The number of fused-ring (bicyclic) bond motifs is 1. The summed E-state index contributed by atoms with van der Waals surface area (Å²) >= 11 is 4.71. The largest absolute Gasteiger partial charge is 0.351 e. The number of nitrogens with one attached hydrogen (secondary N) is 2. The Balaban J connectivity index is 0.958. The third-order valence-electron chi connectivity index (χ3n) is 9.16. The fourth-order valence-electron chi connectivity index (χ4n) is 6.54. The lowest BCUT2D eigenvalue weighted by atomic mass is 9.88. The topological polar surface area (TPSA) is 129 Å². The monoisotopic (exact) mass is 641 g/mol. The summed E-state index contributed by atoms with van der Waals surface area (Å²) in [6.45, 7) is 5.14. The SMILES string of the molecule is CN(CCN1CCC(c2ccc3c(C4CCC(=O)NC4=O)nn(C)c3c2)CC1)S(=O)N1CCC(Nc2ncc(Cl)cn2)CC1. The Bertz CT molecular complexity index is 1520. The summed E-state index contributed by atoms with van der Waals surface area (Å²) in [5.74, 6) is 0.179. The Kier molecular flexibility index (Phi) is 9.57. The molecule has 2 unspecified atom stereocenters. The number of rotatable bonds is 9. The Hall–Kier alpha value is -2.97. The highest BCUT2D eigenvalue weighted by Crippen LogP contribution is 2.34. The van der Waals surface area contributed by atoms with E-state index in [4.69, 9.17) is 16.7 Å². The lowest BCUT2D eigenvalue weighted by Gasteiger charge is -2.35. The van der Waals surface area contributed by atoms with Crippen molar-refractivity contribution >= 4 is 51.4 Å². The van der Waals surface area contributed by atoms with E-state index in [1.807, 2.05) is 27.4 Å². The van der Waals surface area contributed by atoms with Crippen LogP contribution in [-0.4, -0.2) is 102 Å². The molecule has 2 N–H and O–H groups in total. The number of nitrogens with zero attached hydrogens (tertiary/aromatic N) is 7. The van der Waals surface area contributed by atoms with E-state index in [9.17, 15) is 13.8 Å². The highest BCUT2D eigenvalue weighted by molar-refractivity contribution is 7.80. The third kappa shape index (κ3) is 6.96. The van der Waals surface area contributed by atoms with Gasteiger partial charge in [0.05, 0.1) is 34.5 Å². The van der Waals surface area contributed by atoms with Gasteiger partial charge < -0.3 is 10.2 Å². The number of amides is 2. The number of piperidine rings is 3. The molecule has 0 aliphatic carbocycles. The summed E-state index contributed by atoms with van der Waals surface area (Å²) in [7, 11) is 3.86. The maximum Gasteiger partial charge on any atom is 0.235 e. The molecule has 236 valence electrons. The second-order valence-corrected chi connectivity index (χ2v) is 14.1. The van der Waals surface area contributed by atoms with E-state index in [0.29, 0.717) is 29.7 Å². The molecule has 6 rings (SSSR count). The van der Waals surface area contributed by atoms with Crippen molar-refractivity contribution in [1.29, 1.82) is 0 Å². The molecular weight excluding hydrogens is 602 g/mol. The zero-order chi connectivity index (χ0) is 30.8. The summed E-state index contributed by atoms with van der Waals surface area (Å²) < 4.78 is 19.1. The van der Waals surface area contributed by atoms with Crippen molar-refractivity contribution in [2.24, 2.45) is 7.05 Å². The number of halogens is 1. The van der Waals surface area contributed by atoms with Crippen LogP contribution >= 0.6 is 11.6 Å². The molecule has 0 radical (unpaired) electrons. The number of carbonyl (C=O) groups excluding carboxylic acids is 2. The second kappa shape index (κ2) is 13.6. The number of likely N-dealkylation sites (N-methyl/N-ethyl adjacent to an activating group) is 1. The van der Waals surface area contributed by atoms with E-state index < -0.39 is 17.1 Å². The summed E-state index contributed by atoms with van der Waals surface area (Å²) in [4.78, 5) is 35.0. The van der Waals surface area contributed by atoms with Gasteiger partial charge in [-0.05, 0) is 62.7 Å². The fraction of sp³-hybridized carbons (Fsp3) is 0.567. The molecule has 2 amide bonds. The van der Waals surface area contributed by atoms with E-state index in [-0.39, 0.29) is 17.9 Å². The minimum Gasteiger partial charge on any atom is -0.351 e. The van der Waals surface area contributed by atoms with Crippen molar-refractivity contribution in [3.05, 3.63) is 46.9 Å². The van der Waals surface area contributed by atoms with Gasteiger partial charge >= 0.3 is 0 Å². The van der Waals surface area contributed by atoms with Crippen LogP contribution in [-0.2, 0) is 27.8 Å². The molecule has 3 aromatic rings. The maximum atomic E-state index is 13.2. The minimum absolute atomic E-state index is 0.212. The van der Waals surface area contributed by atoms with Gasteiger partial charge in [-0.15, -0.1) is 0 Å². The molecule has 5 heterocycles. The van der Waals surface area contributed by atoms with Gasteiger partial charge in [0, 0.05) is 58.1 Å². The summed E-state index contributed by atoms with van der Waals surface area (Å²) in [6, 6.07) is 6.74. The Morgan fingerprint density at radius 2 is 1.80 bits per heavy atom. The number of hydrogen-bond donors (Lipinski definition) is 2. The van der Waals surface area contributed by atoms with Gasteiger partial charge in [0.1, 0.15) is 0 Å². The van der Waals surface area contributed by atoms with Gasteiger partial charge in [-0.25, -0.2) is 22.8 Å². The quantitative estimate of drug-likeness (QED) is 0.342. The van der Waals surface area contributed by atoms with Crippen LogP contribution < -0.4 is 10.6 Å². The first-order valence-electron chi connectivity index (χ1n) is 15.4. The van der Waals surface area contributed by atoms with Crippen LogP contribution in [0, 0.1) is 0 Å². The minimum atomic E-state index is -1.16. The molecule has 3 saturated heterocycles. The summed E-state index contributed by atoms with van der Waals surface area (Å²) in [5, 5.41) is 12.0. The smallest absolute Gasteiger partial charge is 0.235 e. The lowest BCUT2D eigenvalue weighted by molar-refractivity contribution is -0.134. The molecule has 3 fully saturated rings. The molecule has 0 spiro atoms. The number of imide groups is 1. The number of anilines is 1. The van der Waals surface area contributed by atoms with Crippen molar-refractivity contribution in [1.82, 2.24) is 38.6 Å². The highest BCUT2D eigenvalue weighted by atomic mass is 35.5. The van der Waals surface area contributed by atoms with Gasteiger partial charge in [0.25, 0.3) is 0 Å².